The molecule has 1 atom stereocenters. The summed E-state index contributed by atoms with van der Waals surface area (Å²) in [7, 11) is 0. The molecule has 2 amide bonds. The number of likely N-dealkylation sites (tertiary alicyclic amines) is 2. The van der Waals surface area contributed by atoms with Crippen molar-refractivity contribution in [1.29, 1.82) is 0 Å². The monoisotopic (exact) mass is 344 g/mol. The first-order valence-corrected chi connectivity index (χ1v) is 9.23. The van der Waals surface area contributed by atoms with E-state index in [2.05, 4.69) is 9.97 Å². The first-order chi connectivity index (χ1) is 11.9. The second-order valence-corrected chi connectivity index (χ2v) is 7.92. The van der Waals surface area contributed by atoms with E-state index in [4.69, 9.17) is 0 Å². The SMILES string of the molecule is Cc1cnc(CN2C[C@]3(CCCN(C(=O)C(C)C)C3)CCC2=O)cn1. The summed E-state index contributed by atoms with van der Waals surface area (Å²) in [6, 6.07) is 0. The lowest BCUT2D eigenvalue weighted by molar-refractivity contribution is -0.145. The Morgan fingerprint density at radius 1 is 1.24 bits per heavy atom. The molecule has 2 saturated heterocycles. The van der Waals surface area contributed by atoms with Crippen molar-refractivity contribution < 1.29 is 9.59 Å². The molecule has 0 unspecified atom stereocenters. The summed E-state index contributed by atoms with van der Waals surface area (Å²) < 4.78 is 0. The van der Waals surface area contributed by atoms with Gasteiger partial charge in [0.2, 0.25) is 11.8 Å². The Morgan fingerprint density at radius 3 is 2.72 bits per heavy atom. The van der Waals surface area contributed by atoms with Crippen LogP contribution in [0.25, 0.3) is 0 Å². The standard InChI is InChI=1S/C19H28N4O2/c1-14(2)18(25)22-8-4-6-19(12-22)7-5-17(24)23(13-19)11-16-10-20-15(3)9-21-16/h9-10,14H,4-8,11-13H2,1-3H3/t19-/m1/s1. The molecular formula is C19H28N4O2. The van der Waals surface area contributed by atoms with Crippen molar-refractivity contribution in [3.63, 3.8) is 0 Å². The molecule has 0 N–H and O–H groups in total. The molecule has 0 radical (unpaired) electrons. The number of piperidine rings is 2. The largest absolute Gasteiger partial charge is 0.342 e. The minimum absolute atomic E-state index is 0.0271. The van der Waals surface area contributed by atoms with Crippen molar-refractivity contribution in [3.05, 3.63) is 23.8 Å². The number of carbonyl (C=O) groups is 2. The number of rotatable bonds is 3. The molecule has 6 nitrogen and oxygen atoms in total. The van der Waals surface area contributed by atoms with Crippen LogP contribution in [0.4, 0.5) is 0 Å². The third kappa shape index (κ3) is 3.99. The van der Waals surface area contributed by atoms with Crippen molar-refractivity contribution in [2.75, 3.05) is 19.6 Å². The van der Waals surface area contributed by atoms with E-state index in [0.717, 1.165) is 43.7 Å². The van der Waals surface area contributed by atoms with Crippen LogP contribution in [0.3, 0.4) is 0 Å². The zero-order chi connectivity index (χ0) is 18.0. The second-order valence-electron chi connectivity index (χ2n) is 7.92. The normalized spacial score (nSPS) is 24.2. The van der Waals surface area contributed by atoms with E-state index in [0.29, 0.717) is 19.5 Å². The summed E-state index contributed by atoms with van der Waals surface area (Å²) in [5, 5.41) is 0. The topological polar surface area (TPSA) is 66.4 Å². The van der Waals surface area contributed by atoms with Crippen LogP contribution >= 0.6 is 0 Å². The molecule has 2 aliphatic heterocycles. The third-order valence-electron chi connectivity index (χ3n) is 5.40. The maximum Gasteiger partial charge on any atom is 0.225 e. The molecule has 2 aliphatic rings. The Balaban J connectivity index is 1.71. The van der Waals surface area contributed by atoms with Gasteiger partial charge in [0.1, 0.15) is 0 Å². The van der Waals surface area contributed by atoms with Gasteiger partial charge in [0.25, 0.3) is 0 Å². The number of carbonyl (C=O) groups excluding carboxylic acids is 2. The van der Waals surface area contributed by atoms with Crippen LogP contribution < -0.4 is 0 Å². The van der Waals surface area contributed by atoms with Crippen LogP contribution in [-0.2, 0) is 16.1 Å². The van der Waals surface area contributed by atoms with Gasteiger partial charge in [-0.1, -0.05) is 13.8 Å². The first kappa shape index (κ1) is 17.8. The quantitative estimate of drug-likeness (QED) is 0.843. The molecule has 1 spiro atoms. The third-order valence-corrected chi connectivity index (χ3v) is 5.40. The summed E-state index contributed by atoms with van der Waals surface area (Å²) in [6.45, 7) is 8.64. The summed E-state index contributed by atoms with van der Waals surface area (Å²) in [5.74, 6) is 0.437. The Labute approximate surface area is 149 Å². The Kier molecular flexibility index (Phi) is 5.06. The van der Waals surface area contributed by atoms with Crippen LogP contribution in [0.2, 0.25) is 0 Å². The fourth-order valence-corrected chi connectivity index (χ4v) is 4.04. The van der Waals surface area contributed by atoms with Gasteiger partial charge < -0.3 is 9.80 Å². The van der Waals surface area contributed by atoms with E-state index in [1.807, 2.05) is 30.6 Å². The van der Waals surface area contributed by atoms with Crippen molar-refractivity contribution >= 4 is 11.8 Å². The Bertz CT molecular complexity index is 643. The minimum atomic E-state index is 0.0271. The zero-order valence-corrected chi connectivity index (χ0v) is 15.5. The van der Waals surface area contributed by atoms with Gasteiger partial charge in [-0.3, -0.25) is 19.6 Å². The van der Waals surface area contributed by atoms with Gasteiger partial charge in [-0.2, -0.15) is 0 Å². The van der Waals surface area contributed by atoms with Crippen LogP contribution in [0, 0.1) is 18.3 Å². The van der Waals surface area contributed by atoms with E-state index in [1.165, 1.54) is 0 Å². The molecule has 1 aromatic rings. The number of hydrogen-bond donors (Lipinski definition) is 0. The molecule has 3 rings (SSSR count). The first-order valence-electron chi connectivity index (χ1n) is 9.23. The van der Waals surface area contributed by atoms with E-state index in [1.54, 1.807) is 12.4 Å². The van der Waals surface area contributed by atoms with Gasteiger partial charge in [0, 0.05) is 43.6 Å². The van der Waals surface area contributed by atoms with Crippen molar-refractivity contribution in [2.45, 2.75) is 53.0 Å². The molecule has 3 heterocycles. The predicted octanol–water partition coefficient (Wildman–Crippen LogP) is 2.17. The molecule has 136 valence electrons. The predicted molar refractivity (Wildman–Crippen MR) is 94.5 cm³/mol. The average molecular weight is 344 g/mol. The van der Waals surface area contributed by atoms with Gasteiger partial charge in [-0.05, 0) is 26.2 Å². The van der Waals surface area contributed by atoms with Gasteiger partial charge in [-0.25, -0.2) is 0 Å². The van der Waals surface area contributed by atoms with Gasteiger partial charge >= 0.3 is 0 Å². The number of aromatic nitrogens is 2. The Hall–Kier alpha value is -1.98. The van der Waals surface area contributed by atoms with Crippen LogP contribution in [0.15, 0.2) is 12.4 Å². The number of aryl methyl sites for hydroxylation is 1. The highest BCUT2D eigenvalue weighted by atomic mass is 16.2. The number of hydrogen-bond acceptors (Lipinski definition) is 4. The molecule has 2 fully saturated rings. The van der Waals surface area contributed by atoms with E-state index >= 15 is 0 Å². The highest BCUT2D eigenvalue weighted by Gasteiger charge is 2.42. The Morgan fingerprint density at radius 2 is 2.04 bits per heavy atom. The lowest BCUT2D eigenvalue weighted by atomic mass is 9.73. The van der Waals surface area contributed by atoms with Crippen LogP contribution in [0.1, 0.15) is 50.9 Å². The average Bonchev–Trinajstić information content (AvgIpc) is 2.60. The van der Waals surface area contributed by atoms with E-state index < -0.39 is 0 Å². The fourth-order valence-electron chi connectivity index (χ4n) is 4.04. The molecule has 1 aromatic heterocycles. The van der Waals surface area contributed by atoms with Gasteiger partial charge in [0.05, 0.1) is 24.1 Å². The number of amides is 2. The summed E-state index contributed by atoms with van der Waals surface area (Å²) >= 11 is 0. The molecule has 0 bridgehead atoms. The van der Waals surface area contributed by atoms with E-state index in [-0.39, 0.29) is 23.1 Å². The van der Waals surface area contributed by atoms with Crippen LogP contribution in [-0.4, -0.2) is 51.2 Å². The highest BCUT2D eigenvalue weighted by molar-refractivity contribution is 5.79. The molecule has 6 heteroatoms. The summed E-state index contributed by atoms with van der Waals surface area (Å²) in [6.07, 6.45) is 7.03. The molecule has 0 saturated carbocycles. The molecule has 0 aliphatic carbocycles. The second kappa shape index (κ2) is 7.10. The smallest absolute Gasteiger partial charge is 0.225 e. The molecular weight excluding hydrogens is 316 g/mol. The minimum Gasteiger partial charge on any atom is -0.342 e. The molecule has 0 aromatic carbocycles. The highest BCUT2D eigenvalue weighted by Crippen LogP contribution is 2.39. The van der Waals surface area contributed by atoms with Crippen molar-refractivity contribution in [3.8, 4) is 0 Å². The van der Waals surface area contributed by atoms with Crippen molar-refractivity contribution in [1.82, 2.24) is 19.8 Å². The van der Waals surface area contributed by atoms with Gasteiger partial charge in [0.15, 0.2) is 0 Å². The van der Waals surface area contributed by atoms with E-state index in [9.17, 15) is 9.59 Å². The summed E-state index contributed by atoms with van der Waals surface area (Å²) in [5.41, 5.74) is 1.73. The van der Waals surface area contributed by atoms with Crippen molar-refractivity contribution in [2.24, 2.45) is 11.3 Å². The zero-order valence-electron chi connectivity index (χ0n) is 15.5. The summed E-state index contributed by atoms with van der Waals surface area (Å²) in [4.78, 5) is 37.4. The fraction of sp³-hybridized carbons (Fsp3) is 0.684. The molecule has 25 heavy (non-hydrogen) atoms. The lowest BCUT2D eigenvalue weighted by Crippen LogP contribution is -2.55. The number of nitrogens with zero attached hydrogens (tertiary/aromatic N) is 4. The maximum atomic E-state index is 12.4. The van der Waals surface area contributed by atoms with Crippen LogP contribution in [0.5, 0.6) is 0 Å². The lowest BCUT2D eigenvalue weighted by Gasteiger charge is -2.48. The maximum absolute atomic E-state index is 12.4. The van der Waals surface area contributed by atoms with Gasteiger partial charge in [-0.15, -0.1) is 0 Å².